The minimum absolute atomic E-state index is 0.447. The number of fused-ring (bicyclic) bond motifs is 1. The summed E-state index contributed by atoms with van der Waals surface area (Å²) in [6, 6.07) is 4.24. The quantitative estimate of drug-likeness (QED) is 0.493. The zero-order chi connectivity index (χ0) is 13.7. The maximum atomic E-state index is 5.78. The second kappa shape index (κ2) is 6.36. The second-order valence-electron chi connectivity index (χ2n) is 5.13. The molecule has 1 aliphatic rings. The van der Waals surface area contributed by atoms with Crippen molar-refractivity contribution >= 4 is 5.96 Å². The van der Waals surface area contributed by atoms with Gasteiger partial charge in [-0.3, -0.25) is 4.98 Å². The number of nitrogens with one attached hydrogen (secondary N) is 1. The molecule has 4 nitrogen and oxygen atoms in total. The van der Waals surface area contributed by atoms with Crippen LogP contribution >= 0.6 is 0 Å². The summed E-state index contributed by atoms with van der Waals surface area (Å²) in [6.45, 7) is 6.95. The van der Waals surface area contributed by atoms with Gasteiger partial charge in [-0.05, 0) is 44.2 Å². The van der Waals surface area contributed by atoms with Gasteiger partial charge in [-0.25, -0.2) is 4.99 Å². The molecule has 0 saturated heterocycles. The number of pyridine rings is 1. The van der Waals surface area contributed by atoms with Gasteiger partial charge in [-0.15, -0.1) is 0 Å². The van der Waals surface area contributed by atoms with Gasteiger partial charge in [0.25, 0.3) is 0 Å². The molecule has 2 rings (SSSR count). The molecule has 0 aliphatic heterocycles. The molecule has 1 aromatic heterocycles. The van der Waals surface area contributed by atoms with Gasteiger partial charge >= 0.3 is 0 Å². The van der Waals surface area contributed by atoms with Gasteiger partial charge in [0.05, 0.1) is 12.2 Å². The number of hydrogen-bond acceptors (Lipinski definition) is 2. The fourth-order valence-corrected chi connectivity index (χ4v) is 2.18. The second-order valence-corrected chi connectivity index (χ2v) is 5.13. The third-order valence-corrected chi connectivity index (χ3v) is 3.22. The molecule has 102 valence electrons. The Morgan fingerprint density at radius 3 is 3.00 bits per heavy atom. The SMILES string of the molecule is C=C(C)CNC(N)=NCc1ccc2c(n1)CCCC2. The number of aliphatic imine (C=N–C) groups is 1. The van der Waals surface area contributed by atoms with Crippen molar-refractivity contribution in [2.75, 3.05) is 6.54 Å². The molecule has 0 bridgehead atoms. The minimum Gasteiger partial charge on any atom is -0.370 e. The molecule has 0 atom stereocenters. The molecule has 1 aliphatic carbocycles. The number of aryl methyl sites for hydroxylation is 2. The smallest absolute Gasteiger partial charge is 0.189 e. The largest absolute Gasteiger partial charge is 0.370 e. The molecule has 0 aromatic carbocycles. The van der Waals surface area contributed by atoms with Crippen molar-refractivity contribution in [1.29, 1.82) is 0 Å². The molecular weight excluding hydrogens is 236 g/mol. The van der Waals surface area contributed by atoms with E-state index < -0.39 is 0 Å². The monoisotopic (exact) mass is 258 g/mol. The summed E-state index contributed by atoms with van der Waals surface area (Å²) in [6.07, 6.45) is 4.78. The van der Waals surface area contributed by atoms with Gasteiger partial charge in [-0.2, -0.15) is 0 Å². The predicted molar refractivity (Wildman–Crippen MR) is 79.0 cm³/mol. The summed E-state index contributed by atoms with van der Waals surface area (Å²) in [5.74, 6) is 0.447. The molecule has 0 fully saturated rings. The number of guanidine groups is 1. The summed E-state index contributed by atoms with van der Waals surface area (Å²) < 4.78 is 0. The first-order valence-corrected chi connectivity index (χ1v) is 6.81. The van der Waals surface area contributed by atoms with Crippen LogP contribution in [0.5, 0.6) is 0 Å². The van der Waals surface area contributed by atoms with E-state index in [-0.39, 0.29) is 0 Å². The molecule has 3 N–H and O–H groups in total. The highest BCUT2D eigenvalue weighted by molar-refractivity contribution is 5.78. The van der Waals surface area contributed by atoms with Crippen LogP contribution in [0.3, 0.4) is 0 Å². The highest BCUT2D eigenvalue weighted by Gasteiger charge is 2.10. The van der Waals surface area contributed by atoms with Crippen molar-refractivity contribution in [2.24, 2.45) is 10.7 Å². The first-order valence-electron chi connectivity index (χ1n) is 6.81. The molecule has 0 spiro atoms. The Hall–Kier alpha value is -1.84. The molecule has 0 unspecified atom stereocenters. The van der Waals surface area contributed by atoms with Crippen molar-refractivity contribution in [3.63, 3.8) is 0 Å². The van der Waals surface area contributed by atoms with E-state index in [2.05, 4.69) is 34.0 Å². The van der Waals surface area contributed by atoms with Crippen molar-refractivity contribution in [3.05, 3.63) is 41.2 Å². The Morgan fingerprint density at radius 2 is 2.21 bits per heavy atom. The van der Waals surface area contributed by atoms with E-state index in [1.54, 1.807) is 0 Å². The van der Waals surface area contributed by atoms with Crippen LogP contribution in [-0.4, -0.2) is 17.5 Å². The van der Waals surface area contributed by atoms with Gasteiger partial charge < -0.3 is 11.1 Å². The molecule has 1 heterocycles. The van der Waals surface area contributed by atoms with E-state index in [1.165, 1.54) is 24.1 Å². The van der Waals surface area contributed by atoms with E-state index >= 15 is 0 Å². The average molecular weight is 258 g/mol. The Kier molecular flexibility index (Phi) is 4.55. The third-order valence-electron chi connectivity index (χ3n) is 3.22. The van der Waals surface area contributed by atoms with Crippen LogP contribution in [0.4, 0.5) is 0 Å². The van der Waals surface area contributed by atoms with Crippen LogP contribution in [-0.2, 0) is 19.4 Å². The fraction of sp³-hybridized carbons (Fsp3) is 0.467. The van der Waals surface area contributed by atoms with Gasteiger partial charge in [-0.1, -0.05) is 18.2 Å². The normalized spacial score (nSPS) is 14.9. The maximum absolute atomic E-state index is 5.78. The summed E-state index contributed by atoms with van der Waals surface area (Å²) in [4.78, 5) is 8.97. The van der Waals surface area contributed by atoms with E-state index in [0.29, 0.717) is 19.0 Å². The van der Waals surface area contributed by atoms with Crippen LogP contribution in [0.1, 0.15) is 36.7 Å². The molecule has 19 heavy (non-hydrogen) atoms. The standard InChI is InChI=1S/C15H22N4/c1-11(2)9-17-15(16)18-10-13-8-7-12-5-3-4-6-14(12)19-13/h7-8H,1,3-6,9-10H2,2H3,(H3,16,17,18). The predicted octanol–water partition coefficient (Wildman–Crippen LogP) is 1.94. The number of nitrogens with zero attached hydrogens (tertiary/aromatic N) is 2. The zero-order valence-electron chi connectivity index (χ0n) is 11.6. The van der Waals surface area contributed by atoms with Crippen molar-refractivity contribution in [3.8, 4) is 0 Å². The van der Waals surface area contributed by atoms with Gasteiger partial charge in [0.15, 0.2) is 5.96 Å². The molecule has 1 aromatic rings. The minimum atomic E-state index is 0.447. The molecule has 0 amide bonds. The lowest BCUT2D eigenvalue weighted by atomic mass is 9.96. The lowest BCUT2D eigenvalue weighted by Crippen LogP contribution is -2.32. The van der Waals surface area contributed by atoms with Crippen molar-refractivity contribution in [2.45, 2.75) is 39.2 Å². The summed E-state index contributed by atoms with van der Waals surface area (Å²) in [5.41, 5.74) is 10.4. The van der Waals surface area contributed by atoms with Crippen LogP contribution in [0.2, 0.25) is 0 Å². The molecule has 0 saturated carbocycles. The Bertz CT molecular complexity index is 491. The highest BCUT2D eigenvalue weighted by Crippen LogP contribution is 2.19. The van der Waals surface area contributed by atoms with Crippen LogP contribution in [0.15, 0.2) is 29.3 Å². The molecular formula is C15H22N4. The first kappa shape index (κ1) is 13.6. The topological polar surface area (TPSA) is 63.3 Å². The Balaban J connectivity index is 1.95. The van der Waals surface area contributed by atoms with Gasteiger partial charge in [0.1, 0.15) is 0 Å². The summed E-state index contributed by atoms with van der Waals surface area (Å²) in [5, 5.41) is 3.02. The number of hydrogen-bond donors (Lipinski definition) is 2. The van der Waals surface area contributed by atoms with Crippen LogP contribution in [0.25, 0.3) is 0 Å². The summed E-state index contributed by atoms with van der Waals surface area (Å²) >= 11 is 0. The number of nitrogens with two attached hydrogens (primary N) is 1. The van der Waals surface area contributed by atoms with E-state index in [0.717, 1.165) is 24.1 Å². The van der Waals surface area contributed by atoms with Gasteiger partial charge in [0.2, 0.25) is 0 Å². The third kappa shape index (κ3) is 4.09. The van der Waals surface area contributed by atoms with Crippen LogP contribution < -0.4 is 11.1 Å². The van der Waals surface area contributed by atoms with Gasteiger partial charge in [0, 0.05) is 12.2 Å². The van der Waals surface area contributed by atoms with Crippen molar-refractivity contribution in [1.82, 2.24) is 10.3 Å². The van der Waals surface area contributed by atoms with E-state index in [9.17, 15) is 0 Å². The lowest BCUT2D eigenvalue weighted by molar-refractivity contribution is 0.663. The van der Waals surface area contributed by atoms with Crippen LogP contribution in [0, 0.1) is 0 Å². The average Bonchev–Trinajstić information content (AvgIpc) is 2.42. The fourth-order valence-electron chi connectivity index (χ4n) is 2.18. The molecule has 4 heteroatoms. The summed E-state index contributed by atoms with van der Waals surface area (Å²) in [7, 11) is 0. The Labute approximate surface area is 114 Å². The first-order chi connectivity index (χ1) is 9.15. The van der Waals surface area contributed by atoms with E-state index in [1.807, 2.05) is 6.92 Å². The Morgan fingerprint density at radius 1 is 1.42 bits per heavy atom. The zero-order valence-corrected chi connectivity index (χ0v) is 11.6. The maximum Gasteiger partial charge on any atom is 0.189 e. The molecule has 0 radical (unpaired) electrons. The number of aromatic nitrogens is 1. The number of rotatable bonds is 4. The lowest BCUT2D eigenvalue weighted by Gasteiger charge is -2.15. The van der Waals surface area contributed by atoms with Crippen molar-refractivity contribution < 1.29 is 0 Å². The highest BCUT2D eigenvalue weighted by atomic mass is 15.1. The van der Waals surface area contributed by atoms with E-state index in [4.69, 9.17) is 5.73 Å².